The van der Waals surface area contributed by atoms with Gasteiger partial charge in [0.05, 0.1) is 38.0 Å². The van der Waals surface area contributed by atoms with Gasteiger partial charge in [-0.1, -0.05) is 6.07 Å². The summed E-state index contributed by atoms with van der Waals surface area (Å²) in [6.07, 6.45) is 0. The van der Waals surface area contributed by atoms with E-state index in [1.54, 1.807) is 24.3 Å². The second-order valence-corrected chi connectivity index (χ2v) is 4.43. The van der Waals surface area contributed by atoms with Crippen LogP contribution in [0.25, 0.3) is 10.8 Å². The molecule has 2 aromatic rings. The fourth-order valence-electron chi connectivity index (χ4n) is 2.13. The van der Waals surface area contributed by atoms with E-state index in [-0.39, 0.29) is 11.1 Å². The molecule has 0 fully saturated rings. The molecule has 0 bridgehead atoms. The van der Waals surface area contributed by atoms with Crippen molar-refractivity contribution in [2.24, 2.45) is 0 Å². The molecular formula is C16H14O6. The van der Waals surface area contributed by atoms with Gasteiger partial charge < -0.3 is 14.2 Å². The molecule has 0 atom stereocenters. The second-order valence-electron chi connectivity index (χ2n) is 4.43. The summed E-state index contributed by atoms with van der Waals surface area (Å²) in [5.74, 6) is -1.68. The Morgan fingerprint density at radius 1 is 0.727 bits per heavy atom. The summed E-state index contributed by atoms with van der Waals surface area (Å²) in [5, 5.41) is 1.10. The number of esters is 3. The van der Waals surface area contributed by atoms with E-state index in [2.05, 4.69) is 9.47 Å². The number of fused-ring (bicyclic) bond motifs is 1. The van der Waals surface area contributed by atoms with E-state index >= 15 is 0 Å². The third-order valence-electron chi connectivity index (χ3n) is 3.20. The predicted octanol–water partition coefficient (Wildman–Crippen LogP) is 2.20. The number of ether oxygens (including phenoxy) is 3. The highest BCUT2D eigenvalue weighted by Gasteiger charge is 2.17. The Kier molecular flexibility index (Phi) is 4.41. The van der Waals surface area contributed by atoms with Gasteiger partial charge in [-0.3, -0.25) is 0 Å². The van der Waals surface area contributed by atoms with Crippen molar-refractivity contribution in [3.63, 3.8) is 0 Å². The number of hydrogen-bond acceptors (Lipinski definition) is 6. The zero-order chi connectivity index (χ0) is 16.3. The molecule has 0 amide bonds. The number of methoxy groups -OCH3 is 3. The van der Waals surface area contributed by atoms with Crippen LogP contribution in [0.3, 0.4) is 0 Å². The molecule has 0 aromatic heterocycles. The van der Waals surface area contributed by atoms with Gasteiger partial charge in [-0.05, 0) is 35.0 Å². The molecule has 114 valence electrons. The Labute approximate surface area is 126 Å². The molecule has 0 unspecified atom stereocenters. The van der Waals surface area contributed by atoms with E-state index in [0.717, 1.165) is 0 Å². The summed E-state index contributed by atoms with van der Waals surface area (Å²) < 4.78 is 14.1. The minimum absolute atomic E-state index is 0.192. The van der Waals surface area contributed by atoms with Gasteiger partial charge in [0.15, 0.2) is 0 Å². The highest BCUT2D eigenvalue weighted by Crippen LogP contribution is 2.24. The van der Waals surface area contributed by atoms with E-state index in [1.165, 1.54) is 27.4 Å². The normalized spacial score (nSPS) is 10.1. The first-order valence-corrected chi connectivity index (χ1v) is 6.34. The molecule has 22 heavy (non-hydrogen) atoms. The SMILES string of the molecule is COC(=O)c1ccc2c(C(=O)OC)cc(C(=O)OC)cc2c1. The van der Waals surface area contributed by atoms with Crippen LogP contribution in [0.15, 0.2) is 30.3 Å². The first-order valence-electron chi connectivity index (χ1n) is 6.34. The quantitative estimate of drug-likeness (QED) is 0.639. The predicted molar refractivity (Wildman–Crippen MR) is 78.0 cm³/mol. The number of benzene rings is 2. The molecule has 0 spiro atoms. The Balaban J connectivity index is 2.73. The Morgan fingerprint density at radius 2 is 1.27 bits per heavy atom. The van der Waals surface area contributed by atoms with Crippen LogP contribution in [0, 0.1) is 0 Å². The Morgan fingerprint density at radius 3 is 1.86 bits per heavy atom. The summed E-state index contributed by atoms with van der Waals surface area (Å²) in [6.45, 7) is 0. The summed E-state index contributed by atoms with van der Waals surface area (Å²) in [5.41, 5.74) is 0.724. The van der Waals surface area contributed by atoms with Crippen LogP contribution in [0.5, 0.6) is 0 Å². The molecule has 0 saturated carbocycles. The molecule has 0 saturated heterocycles. The monoisotopic (exact) mass is 302 g/mol. The van der Waals surface area contributed by atoms with Crippen molar-refractivity contribution in [2.45, 2.75) is 0 Å². The molecule has 6 nitrogen and oxygen atoms in total. The van der Waals surface area contributed by atoms with Crippen molar-refractivity contribution in [1.82, 2.24) is 0 Å². The van der Waals surface area contributed by atoms with Gasteiger partial charge in [-0.2, -0.15) is 0 Å². The lowest BCUT2D eigenvalue weighted by molar-refractivity contribution is 0.0589. The standard InChI is InChI=1S/C16H14O6/c1-20-14(17)9-4-5-12-10(6-9)7-11(15(18)21-2)8-13(12)16(19)22-3/h4-8H,1-3H3. The van der Waals surface area contributed by atoms with Crippen LogP contribution >= 0.6 is 0 Å². The number of rotatable bonds is 3. The fraction of sp³-hybridized carbons (Fsp3) is 0.188. The molecule has 0 aliphatic heterocycles. The van der Waals surface area contributed by atoms with Crippen molar-refractivity contribution in [3.8, 4) is 0 Å². The first kappa shape index (κ1) is 15.5. The number of carbonyl (C=O) groups is 3. The maximum atomic E-state index is 11.9. The topological polar surface area (TPSA) is 78.9 Å². The number of carbonyl (C=O) groups excluding carboxylic acids is 3. The highest BCUT2D eigenvalue weighted by molar-refractivity contribution is 6.09. The largest absolute Gasteiger partial charge is 0.465 e. The summed E-state index contributed by atoms with van der Waals surface area (Å²) in [7, 11) is 3.77. The molecule has 6 heteroatoms. The maximum absolute atomic E-state index is 11.9. The minimum Gasteiger partial charge on any atom is -0.465 e. The van der Waals surface area contributed by atoms with Crippen LogP contribution < -0.4 is 0 Å². The molecule has 0 radical (unpaired) electrons. The smallest absolute Gasteiger partial charge is 0.338 e. The van der Waals surface area contributed by atoms with E-state index in [1.807, 2.05) is 0 Å². The van der Waals surface area contributed by atoms with Gasteiger partial charge in [0.1, 0.15) is 0 Å². The van der Waals surface area contributed by atoms with Crippen molar-refractivity contribution < 1.29 is 28.6 Å². The first-order chi connectivity index (χ1) is 10.5. The summed E-state index contributed by atoms with van der Waals surface area (Å²) in [6, 6.07) is 7.63. The van der Waals surface area contributed by atoms with Gasteiger partial charge in [0.2, 0.25) is 0 Å². The van der Waals surface area contributed by atoms with Crippen molar-refractivity contribution in [1.29, 1.82) is 0 Å². The average Bonchev–Trinajstić information content (AvgIpc) is 2.57. The molecule has 2 aromatic carbocycles. The third-order valence-corrected chi connectivity index (χ3v) is 3.20. The molecule has 2 rings (SSSR count). The third kappa shape index (κ3) is 2.76. The van der Waals surface area contributed by atoms with Crippen molar-refractivity contribution in [2.75, 3.05) is 21.3 Å². The van der Waals surface area contributed by atoms with Gasteiger partial charge in [0.25, 0.3) is 0 Å². The zero-order valence-electron chi connectivity index (χ0n) is 12.3. The lowest BCUT2D eigenvalue weighted by Gasteiger charge is -2.09. The van der Waals surface area contributed by atoms with E-state index in [4.69, 9.17) is 4.74 Å². The van der Waals surface area contributed by atoms with Crippen LogP contribution in [0.4, 0.5) is 0 Å². The van der Waals surface area contributed by atoms with Crippen LogP contribution in [0.2, 0.25) is 0 Å². The average molecular weight is 302 g/mol. The van der Waals surface area contributed by atoms with Gasteiger partial charge in [0, 0.05) is 0 Å². The van der Waals surface area contributed by atoms with Gasteiger partial charge in [-0.25, -0.2) is 14.4 Å². The Hall–Kier alpha value is -2.89. The van der Waals surface area contributed by atoms with E-state index < -0.39 is 17.9 Å². The van der Waals surface area contributed by atoms with Gasteiger partial charge in [-0.15, -0.1) is 0 Å². The Bertz CT molecular complexity index is 757. The van der Waals surface area contributed by atoms with Crippen LogP contribution in [-0.4, -0.2) is 39.2 Å². The lowest BCUT2D eigenvalue weighted by Crippen LogP contribution is -2.08. The van der Waals surface area contributed by atoms with E-state index in [0.29, 0.717) is 16.3 Å². The van der Waals surface area contributed by atoms with Gasteiger partial charge >= 0.3 is 17.9 Å². The molecular weight excluding hydrogens is 288 g/mol. The maximum Gasteiger partial charge on any atom is 0.338 e. The fourth-order valence-corrected chi connectivity index (χ4v) is 2.13. The molecule has 0 aliphatic carbocycles. The minimum atomic E-state index is -0.587. The second kappa shape index (κ2) is 6.26. The van der Waals surface area contributed by atoms with Crippen molar-refractivity contribution >= 4 is 28.7 Å². The lowest BCUT2D eigenvalue weighted by atomic mass is 9.99. The highest BCUT2D eigenvalue weighted by atomic mass is 16.5. The van der Waals surface area contributed by atoms with Crippen LogP contribution in [0.1, 0.15) is 31.1 Å². The molecule has 0 heterocycles. The van der Waals surface area contributed by atoms with E-state index in [9.17, 15) is 14.4 Å². The number of hydrogen-bond donors (Lipinski definition) is 0. The van der Waals surface area contributed by atoms with Crippen LogP contribution in [-0.2, 0) is 14.2 Å². The summed E-state index contributed by atoms with van der Waals surface area (Å²) in [4.78, 5) is 35.2. The zero-order valence-corrected chi connectivity index (χ0v) is 12.3. The summed E-state index contributed by atoms with van der Waals surface area (Å²) >= 11 is 0. The van der Waals surface area contributed by atoms with Crippen molar-refractivity contribution in [3.05, 3.63) is 47.0 Å². The molecule has 0 N–H and O–H groups in total. The molecule has 0 aliphatic rings.